The lowest BCUT2D eigenvalue weighted by molar-refractivity contribution is -0.119. The van der Waals surface area contributed by atoms with Gasteiger partial charge < -0.3 is 10.1 Å². The van der Waals surface area contributed by atoms with Crippen molar-refractivity contribution >= 4 is 5.91 Å². The van der Waals surface area contributed by atoms with E-state index in [0.717, 1.165) is 12.2 Å². The fraction of sp³-hybridized carbons (Fsp3) is 0.357. The van der Waals surface area contributed by atoms with Crippen molar-refractivity contribution in [3.63, 3.8) is 0 Å². The Hall–Kier alpha value is -2.37. The lowest BCUT2D eigenvalue weighted by atomic mass is 10.2. The molecule has 2 aromatic rings. The highest BCUT2D eigenvalue weighted by molar-refractivity contribution is 5.73. The van der Waals surface area contributed by atoms with Gasteiger partial charge in [-0.25, -0.2) is 4.98 Å². The largest absolute Gasteiger partial charge is 0.486 e. The summed E-state index contributed by atoms with van der Waals surface area (Å²) in [7, 11) is 0. The molecule has 0 bridgehead atoms. The molecule has 6 nitrogen and oxygen atoms in total. The van der Waals surface area contributed by atoms with E-state index in [4.69, 9.17) is 4.74 Å². The zero-order chi connectivity index (χ0) is 14.4. The summed E-state index contributed by atoms with van der Waals surface area (Å²) in [6.45, 7) is 3.76. The van der Waals surface area contributed by atoms with Gasteiger partial charge in [-0.2, -0.15) is 5.10 Å². The molecule has 106 valence electrons. The number of benzene rings is 1. The van der Waals surface area contributed by atoms with Crippen LogP contribution < -0.4 is 10.1 Å². The van der Waals surface area contributed by atoms with Crippen LogP contribution >= 0.6 is 0 Å². The van der Waals surface area contributed by atoms with Crippen LogP contribution in [0.2, 0.25) is 0 Å². The summed E-state index contributed by atoms with van der Waals surface area (Å²) in [4.78, 5) is 15.4. The van der Waals surface area contributed by atoms with Crippen LogP contribution in [0, 0.1) is 0 Å². The Labute approximate surface area is 117 Å². The number of aromatic amines is 1. The molecular weight excluding hydrogens is 256 g/mol. The van der Waals surface area contributed by atoms with Crippen LogP contribution in [0.15, 0.2) is 30.3 Å². The summed E-state index contributed by atoms with van der Waals surface area (Å²) in [5.74, 6) is 1.89. The lowest BCUT2D eigenvalue weighted by Crippen LogP contribution is -2.26. The van der Waals surface area contributed by atoms with Gasteiger partial charge in [-0.15, -0.1) is 0 Å². The number of amides is 1. The normalized spacial score (nSPS) is 11.9. The highest BCUT2D eigenvalue weighted by atomic mass is 16.5. The molecule has 0 fully saturated rings. The molecule has 2 N–H and O–H groups in total. The van der Waals surface area contributed by atoms with Gasteiger partial charge in [0.2, 0.25) is 5.91 Å². The highest BCUT2D eigenvalue weighted by Gasteiger charge is 2.15. The van der Waals surface area contributed by atoms with Crippen LogP contribution in [0.25, 0.3) is 0 Å². The molecule has 1 aromatic carbocycles. The van der Waals surface area contributed by atoms with Crippen LogP contribution in [-0.4, -0.2) is 21.1 Å². The minimum atomic E-state index is -0.172. The summed E-state index contributed by atoms with van der Waals surface area (Å²) in [5.41, 5.74) is 0. The summed E-state index contributed by atoms with van der Waals surface area (Å²) >= 11 is 0. The molecule has 0 aliphatic heterocycles. The molecule has 1 heterocycles. The van der Waals surface area contributed by atoms with E-state index in [1.54, 1.807) is 0 Å². The van der Waals surface area contributed by atoms with Crippen LogP contribution in [0.1, 0.15) is 38.0 Å². The van der Waals surface area contributed by atoms with Gasteiger partial charge in [0.1, 0.15) is 12.4 Å². The molecule has 0 saturated carbocycles. The van der Waals surface area contributed by atoms with Crippen LogP contribution in [0.3, 0.4) is 0 Å². The molecule has 1 atom stereocenters. The standard InChI is InChI=1S/C14H18N4O2/c1-3-12(15-10(2)19)14-16-13(17-18-14)9-20-11-7-5-4-6-8-11/h4-8,12H,3,9H2,1-2H3,(H,15,19)(H,16,17,18). The van der Waals surface area contributed by atoms with Gasteiger partial charge in [-0.05, 0) is 18.6 Å². The number of hydrogen-bond donors (Lipinski definition) is 2. The molecule has 2 rings (SSSR count). The molecule has 6 heteroatoms. The lowest BCUT2D eigenvalue weighted by Gasteiger charge is -2.11. The highest BCUT2D eigenvalue weighted by Crippen LogP contribution is 2.13. The number of rotatable bonds is 6. The monoisotopic (exact) mass is 274 g/mol. The number of carbonyl (C=O) groups excluding carboxylic acids is 1. The van der Waals surface area contributed by atoms with Gasteiger partial charge in [0, 0.05) is 6.92 Å². The van der Waals surface area contributed by atoms with Crippen molar-refractivity contribution < 1.29 is 9.53 Å². The van der Waals surface area contributed by atoms with Crippen molar-refractivity contribution in [2.24, 2.45) is 0 Å². The van der Waals surface area contributed by atoms with E-state index in [1.807, 2.05) is 37.3 Å². The molecule has 0 radical (unpaired) electrons. The Morgan fingerprint density at radius 3 is 2.80 bits per heavy atom. The predicted molar refractivity (Wildman–Crippen MR) is 74.0 cm³/mol. The van der Waals surface area contributed by atoms with E-state index in [1.165, 1.54) is 6.92 Å². The van der Waals surface area contributed by atoms with Gasteiger partial charge in [0.15, 0.2) is 11.6 Å². The van der Waals surface area contributed by atoms with Gasteiger partial charge in [-0.1, -0.05) is 25.1 Å². The third-order valence-corrected chi connectivity index (χ3v) is 2.77. The van der Waals surface area contributed by atoms with Crippen molar-refractivity contribution in [3.8, 4) is 5.75 Å². The molecule has 20 heavy (non-hydrogen) atoms. The average molecular weight is 274 g/mol. The molecule has 0 saturated heterocycles. The van der Waals surface area contributed by atoms with Crippen molar-refractivity contribution in [2.45, 2.75) is 32.9 Å². The summed E-state index contributed by atoms with van der Waals surface area (Å²) in [6, 6.07) is 9.33. The molecule has 0 aliphatic rings. The van der Waals surface area contributed by atoms with Crippen molar-refractivity contribution in [3.05, 3.63) is 42.0 Å². The maximum absolute atomic E-state index is 11.1. The van der Waals surface area contributed by atoms with E-state index in [-0.39, 0.29) is 11.9 Å². The Morgan fingerprint density at radius 1 is 1.40 bits per heavy atom. The zero-order valence-electron chi connectivity index (χ0n) is 11.6. The van der Waals surface area contributed by atoms with Crippen LogP contribution in [0.4, 0.5) is 0 Å². The Bertz CT molecular complexity index is 553. The first kappa shape index (κ1) is 14.0. The average Bonchev–Trinajstić information content (AvgIpc) is 2.92. The molecule has 0 aliphatic carbocycles. The maximum Gasteiger partial charge on any atom is 0.217 e. The van der Waals surface area contributed by atoms with Gasteiger partial charge in [-0.3, -0.25) is 9.89 Å². The quantitative estimate of drug-likeness (QED) is 0.844. The molecular formula is C14H18N4O2. The van der Waals surface area contributed by atoms with Crippen LogP contribution in [-0.2, 0) is 11.4 Å². The summed E-state index contributed by atoms with van der Waals surface area (Å²) in [5, 5.41) is 9.76. The topological polar surface area (TPSA) is 79.9 Å². The number of H-pyrrole nitrogens is 1. The van der Waals surface area contributed by atoms with Gasteiger partial charge >= 0.3 is 0 Å². The second-order valence-corrected chi connectivity index (χ2v) is 4.40. The van der Waals surface area contributed by atoms with Crippen molar-refractivity contribution in [2.75, 3.05) is 0 Å². The molecule has 1 aromatic heterocycles. The molecule has 1 amide bonds. The number of para-hydroxylation sites is 1. The molecule has 1 unspecified atom stereocenters. The van der Waals surface area contributed by atoms with E-state index in [2.05, 4.69) is 20.5 Å². The minimum Gasteiger partial charge on any atom is -0.486 e. The minimum absolute atomic E-state index is 0.0938. The smallest absolute Gasteiger partial charge is 0.217 e. The van der Waals surface area contributed by atoms with E-state index in [9.17, 15) is 4.79 Å². The van der Waals surface area contributed by atoms with Crippen LogP contribution in [0.5, 0.6) is 5.75 Å². The Balaban J connectivity index is 1.96. The van der Waals surface area contributed by atoms with E-state index < -0.39 is 0 Å². The fourth-order valence-electron chi connectivity index (χ4n) is 1.79. The third kappa shape index (κ3) is 3.81. The summed E-state index contributed by atoms with van der Waals surface area (Å²) in [6.07, 6.45) is 0.733. The second-order valence-electron chi connectivity index (χ2n) is 4.40. The number of aromatic nitrogens is 3. The van der Waals surface area contributed by atoms with Crippen molar-refractivity contribution in [1.82, 2.24) is 20.5 Å². The number of hydrogen-bond acceptors (Lipinski definition) is 4. The number of carbonyl (C=O) groups is 1. The zero-order valence-corrected chi connectivity index (χ0v) is 11.6. The van der Waals surface area contributed by atoms with E-state index in [0.29, 0.717) is 18.3 Å². The SMILES string of the molecule is CCC(NC(C)=O)c1n[nH]c(COc2ccccc2)n1. The van der Waals surface area contributed by atoms with E-state index >= 15 is 0 Å². The first-order valence-corrected chi connectivity index (χ1v) is 6.55. The Morgan fingerprint density at radius 2 is 2.15 bits per heavy atom. The van der Waals surface area contributed by atoms with Gasteiger partial charge in [0.05, 0.1) is 6.04 Å². The van der Waals surface area contributed by atoms with Gasteiger partial charge in [0.25, 0.3) is 0 Å². The third-order valence-electron chi connectivity index (χ3n) is 2.77. The van der Waals surface area contributed by atoms with Crippen molar-refractivity contribution in [1.29, 1.82) is 0 Å². The maximum atomic E-state index is 11.1. The predicted octanol–water partition coefficient (Wildman–Crippen LogP) is 1.97. The Kier molecular flexibility index (Phi) is 4.70. The number of nitrogens with one attached hydrogen (secondary N) is 2. The fourth-order valence-corrected chi connectivity index (χ4v) is 1.79. The molecule has 0 spiro atoms. The first-order valence-electron chi connectivity index (χ1n) is 6.55. The number of nitrogens with zero attached hydrogens (tertiary/aromatic N) is 2. The summed E-state index contributed by atoms with van der Waals surface area (Å²) < 4.78 is 5.58. The first-order chi connectivity index (χ1) is 9.69. The number of ether oxygens (including phenoxy) is 1. The second kappa shape index (κ2) is 6.70.